The molecule has 0 aliphatic rings. The lowest BCUT2D eigenvalue weighted by atomic mass is 9.93. The van der Waals surface area contributed by atoms with Crippen LogP contribution in [0.15, 0.2) is 54.6 Å². The molecule has 4 heteroatoms. The molecule has 24 heavy (non-hydrogen) atoms. The van der Waals surface area contributed by atoms with Gasteiger partial charge >= 0.3 is 0 Å². The summed E-state index contributed by atoms with van der Waals surface area (Å²) in [6.07, 6.45) is 1.79. The van der Waals surface area contributed by atoms with Crippen molar-refractivity contribution in [3.63, 3.8) is 0 Å². The number of benzene rings is 2. The molecule has 0 radical (unpaired) electrons. The monoisotopic (exact) mass is 324 g/mol. The van der Waals surface area contributed by atoms with Crippen LogP contribution < -0.4 is 10.6 Å². The Morgan fingerprint density at radius 2 is 1.67 bits per heavy atom. The van der Waals surface area contributed by atoms with Crippen LogP contribution in [0.2, 0.25) is 0 Å². The second kappa shape index (κ2) is 8.87. The first-order valence-electron chi connectivity index (χ1n) is 8.29. The van der Waals surface area contributed by atoms with Gasteiger partial charge in [0.1, 0.15) is 0 Å². The Balaban J connectivity index is 1.96. The van der Waals surface area contributed by atoms with E-state index in [4.69, 9.17) is 0 Å². The van der Waals surface area contributed by atoms with Gasteiger partial charge in [-0.2, -0.15) is 0 Å². The summed E-state index contributed by atoms with van der Waals surface area (Å²) in [5.74, 6) is -0.162. The Labute approximate surface area is 143 Å². The van der Waals surface area contributed by atoms with Crippen molar-refractivity contribution in [2.75, 3.05) is 5.32 Å². The van der Waals surface area contributed by atoms with Crippen molar-refractivity contribution in [1.29, 1.82) is 0 Å². The van der Waals surface area contributed by atoms with Gasteiger partial charge in [-0.1, -0.05) is 55.8 Å². The van der Waals surface area contributed by atoms with Crippen LogP contribution in [0.1, 0.15) is 43.7 Å². The van der Waals surface area contributed by atoms with Gasteiger partial charge in [-0.3, -0.25) is 9.59 Å². The zero-order valence-electron chi connectivity index (χ0n) is 14.2. The molecule has 2 aromatic rings. The minimum absolute atomic E-state index is 0.0500. The van der Waals surface area contributed by atoms with Gasteiger partial charge in [0.05, 0.1) is 5.92 Å². The third kappa shape index (κ3) is 5.23. The molecule has 0 saturated heterocycles. The van der Waals surface area contributed by atoms with E-state index < -0.39 is 0 Å². The molecule has 1 unspecified atom stereocenters. The van der Waals surface area contributed by atoms with E-state index in [2.05, 4.69) is 17.6 Å². The van der Waals surface area contributed by atoms with Gasteiger partial charge in [0.15, 0.2) is 0 Å². The molecular weight excluding hydrogens is 300 g/mol. The topological polar surface area (TPSA) is 58.2 Å². The first-order valence-corrected chi connectivity index (χ1v) is 8.29. The van der Waals surface area contributed by atoms with E-state index in [0.717, 1.165) is 29.7 Å². The normalized spacial score (nSPS) is 11.6. The summed E-state index contributed by atoms with van der Waals surface area (Å²) in [5, 5.41) is 5.74. The smallest absolute Gasteiger partial charge is 0.227 e. The van der Waals surface area contributed by atoms with Crippen LogP contribution in [0, 0.1) is 0 Å². The predicted molar refractivity (Wildman–Crippen MR) is 96.7 cm³/mol. The lowest BCUT2D eigenvalue weighted by Gasteiger charge is -2.16. The highest BCUT2D eigenvalue weighted by Crippen LogP contribution is 2.21. The maximum atomic E-state index is 12.6. The average molecular weight is 324 g/mol. The third-order valence-electron chi connectivity index (χ3n) is 3.84. The second-order valence-corrected chi connectivity index (χ2v) is 5.85. The van der Waals surface area contributed by atoms with Crippen molar-refractivity contribution in [1.82, 2.24) is 5.32 Å². The van der Waals surface area contributed by atoms with Gasteiger partial charge in [0.2, 0.25) is 11.8 Å². The van der Waals surface area contributed by atoms with Crippen LogP contribution in [-0.4, -0.2) is 11.8 Å². The minimum atomic E-state index is -0.116. The number of hydrogen-bond acceptors (Lipinski definition) is 2. The van der Waals surface area contributed by atoms with E-state index in [0.29, 0.717) is 6.54 Å². The molecule has 0 bridgehead atoms. The van der Waals surface area contributed by atoms with Crippen LogP contribution in [0.25, 0.3) is 0 Å². The number of rotatable bonds is 7. The van der Waals surface area contributed by atoms with Crippen molar-refractivity contribution >= 4 is 17.5 Å². The highest BCUT2D eigenvalue weighted by atomic mass is 16.2. The van der Waals surface area contributed by atoms with Gasteiger partial charge in [0.25, 0.3) is 0 Å². The molecule has 126 valence electrons. The zero-order valence-corrected chi connectivity index (χ0v) is 14.2. The van der Waals surface area contributed by atoms with E-state index in [1.54, 1.807) is 0 Å². The SMILES string of the molecule is CCCC(C(=O)NCc1ccc(NC(C)=O)cc1)c1ccccc1. The fraction of sp³-hybridized carbons (Fsp3) is 0.300. The van der Waals surface area contributed by atoms with Crippen LogP contribution in [0.3, 0.4) is 0 Å². The Kier molecular flexibility index (Phi) is 6.55. The van der Waals surface area contributed by atoms with Gasteiger partial charge in [-0.05, 0) is 29.7 Å². The summed E-state index contributed by atoms with van der Waals surface area (Å²) in [6.45, 7) is 4.04. The largest absolute Gasteiger partial charge is 0.351 e. The summed E-state index contributed by atoms with van der Waals surface area (Å²) in [4.78, 5) is 23.6. The molecule has 0 aromatic heterocycles. The molecule has 0 fully saturated rings. The fourth-order valence-electron chi connectivity index (χ4n) is 2.64. The number of nitrogens with one attached hydrogen (secondary N) is 2. The number of carbonyl (C=O) groups is 2. The molecule has 2 aromatic carbocycles. The van der Waals surface area contributed by atoms with Crippen LogP contribution in [0.5, 0.6) is 0 Å². The summed E-state index contributed by atoms with van der Waals surface area (Å²) >= 11 is 0. The van der Waals surface area contributed by atoms with Crippen molar-refractivity contribution in [2.45, 2.75) is 39.2 Å². The van der Waals surface area contributed by atoms with Crippen LogP contribution in [-0.2, 0) is 16.1 Å². The van der Waals surface area contributed by atoms with E-state index in [-0.39, 0.29) is 17.7 Å². The van der Waals surface area contributed by atoms with Crippen molar-refractivity contribution in [3.8, 4) is 0 Å². The number of amides is 2. The van der Waals surface area contributed by atoms with E-state index in [9.17, 15) is 9.59 Å². The number of carbonyl (C=O) groups excluding carboxylic acids is 2. The molecule has 2 N–H and O–H groups in total. The molecule has 4 nitrogen and oxygen atoms in total. The first-order chi connectivity index (χ1) is 11.6. The van der Waals surface area contributed by atoms with Gasteiger partial charge in [0, 0.05) is 19.2 Å². The van der Waals surface area contributed by atoms with Crippen molar-refractivity contribution in [2.24, 2.45) is 0 Å². The lowest BCUT2D eigenvalue weighted by molar-refractivity contribution is -0.123. The van der Waals surface area contributed by atoms with Gasteiger partial charge < -0.3 is 10.6 Å². The second-order valence-electron chi connectivity index (χ2n) is 5.85. The summed E-state index contributed by atoms with van der Waals surface area (Å²) < 4.78 is 0. The first kappa shape index (κ1) is 17.7. The molecule has 2 rings (SSSR count). The van der Waals surface area contributed by atoms with Crippen molar-refractivity contribution in [3.05, 3.63) is 65.7 Å². The minimum Gasteiger partial charge on any atom is -0.351 e. The quantitative estimate of drug-likeness (QED) is 0.813. The molecule has 0 heterocycles. The number of hydrogen-bond donors (Lipinski definition) is 2. The maximum absolute atomic E-state index is 12.6. The molecule has 0 aliphatic carbocycles. The Morgan fingerprint density at radius 3 is 2.25 bits per heavy atom. The Hall–Kier alpha value is -2.62. The van der Waals surface area contributed by atoms with E-state index in [1.165, 1.54) is 6.92 Å². The summed E-state index contributed by atoms with van der Waals surface area (Å²) in [6, 6.07) is 17.4. The molecule has 0 saturated carbocycles. The molecular formula is C20H24N2O2. The summed E-state index contributed by atoms with van der Waals surface area (Å²) in [5.41, 5.74) is 2.81. The summed E-state index contributed by atoms with van der Waals surface area (Å²) in [7, 11) is 0. The highest BCUT2D eigenvalue weighted by molar-refractivity contribution is 5.88. The highest BCUT2D eigenvalue weighted by Gasteiger charge is 2.19. The van der Waals surface area contributed by atoms with E-state index in [1.807, 2.05) is 54.6 Å². The van der Waals surface area contributed by atoms with Gasteiger partial charge in [-0.15, -0.1) is 0 Å². The zero-order chi connectivity index (χ0) is 17.4. The fourth-order valence-corrected chi connectivity index (χ4v) is 2.64. The third-order valence-corrected chi connectivity index (χ3v) is 3.84. The maximum Gasteiger partial charge on any atom is 0.227 e. The molecule has 0 spiro atoms. The standard InChI is InChI=1S/C20H24N2O2/c1-3-7-19(17-8-5-4-6-9-17)20(24)21-14-16-10-12-18(13-11-16)22-15(2)23/h4-6,8-13,19H,3,7,14H2,1-2H3,(H,21,24)(H,22,23). The Morgan fingerprint density at radius 1 is 1.00 bits per heavy atom. The predicted octanol–water partition coefficient (Wildman–Crippen LogP) is 3.85. The van der Waals surface area contributed by atoms with Crippen LogP contribution in [0.4, 0.5) is 5.69 Å². The van der Waals surface area contributed by atoms with Crippen LogP contribution >= 0.6 is 0 Å². The molecule has 1 atom stereocenters. The number of anilines is 1. The van der Waals surface area contributed by atoms with Crippen molar-refractivity contribution < 1.29 is 9.59 Å². The van der Waals surface area contributed by atoms with E-state index >= 15 is 0 Å². The molecule has 2 amide bonds. The average Bonchev–Trinajstić information content (AvgIpc) is 2.59. The molecule has 0 aliphatic heterocycles. The van der Waals surface area contributed by atoms with Gasteiger partial charge in [-0.25, -0.2) is 0 Å². The lowest BCUT2D eigenvalue weighted by Crippen LogP contribution is -2.29. The Bertz CT molecular complexity index is 666.